The van der Waals surface area contributed by atoms with Gasteiger partial charge in [0.15, 0.2) is 6.10 Å². The zero-order chi connectivity index (χ0) is 53.6. The van der Waals surface area contributed by atoms with Crippen LogP contribution in [-0.4, -0.2) is 37.2 Å². The van der Waals surface area contributed by atoms with Crippen molar-refractivity contribution in [3.63, 3.8) is 0 Å². The second-order valence-corrected chi connectivity index (χ2v) is 23.1. The molecule has 6 heteroatoms. The third-order valence-electron chi connectivity index (χ3n) is 15.5. The van der Waals surface area contributed by atoms with Crippen LogP contribution < -0.4 is 0 Å². The molecule has 0 bridgehead atoms. The van der Waals surface area contributed by atoms with Crippen LogP contribution in [0.2, 0.25) is 0 Å². The van der Waals surface area contributed by atoms with E-state index in [4.69, 9.17) is 14.2 Å². The number of allylic oxidation sites excluding steroid dienone is 2. The van der Waals surface area contributed by atoms with E-state index in [2.05, 4.69) is 32.9 Å². The van der Waals surface area contributed by atoms with E-state index in [9.17, 15) is 14.4 Å². The summed E-state index contributed by atoms with van der Waals surface area (Å²) in [7, 11) is 0. The minimum Gasteiger partial charge on any atom is -0.462 e. The SMILES string of the molecule is CCCCC/C=C\CCCCCCCC(=O)OCC(COC(=O)CCCCCCCCCCCCCCCCCCCCCCCC)OC(=O)CCCCCCCCCCCCCCCCCCCCCCCC. The summed E-state index contributed by atoms with van der Waals surface area (Å²) in [4.78, 5) is 38.3. The van der Waals surface area contributed by atoms with Crippen molar-refractivity contribution in [2.24, 2.45) is 0 Å². The van der Waals surface area contributed by atoms with Gasteiger partial charge in [0, 0.05) is 19.3 Å². The Hall–Kier alpha value is -1.85. The van der Waals surface area contributed by atoms with Gasteiger partial charge < -0.3 is 14.2 Å². The Morgan fingerprint density at radius 2 is 0.446 bits per heavy atom. The summed E-state index contributed by atoms with van der Waals surface area (Å²) in [5.41, 5.74) is 0. The minimum absolute atomic E-state index is 0.0659. The van der Waals surface area contributed by atoms with Gasteiger partial charge in [-0.1, -0.05) is 335 Å². The maximum Gasteiger partial charge on any atom is 0.306 e. The van der Waals surface area contributed by atoms with Crippen LogP contribution in [0, 0.1) is 0 Å². The second kappa shape index (κ2) is 63.7. The van der Waals surface area contributed by atoms with E-state index in [1.165, 1.54) is 283 Å². The highest BCUT2D eigenvalue weighted by Crippen LogP contribution is 2.19. The van der Waals surface area contributed by atoms with Gasteiger partial charge in [-0.25, -0.2) is 0 Å². The van der Waals surface area contributed by atoms with Crippen molar-refractivity contribution in [1.82, 2.24) is 0 Å². The number of unbranched alkanes of at least 4 members (excludes halogenated alkanes) is 50. The van der Waals surface area contributed by atoms with Gasteiger partial charge in [0.1, 0.15) is 13.2 Å². The minimum atomic E-state index is -0.769. The van der Waals surface area contributed by atoms with Crippen LogP contribution in [-0.2, 0) is 28.6 Å². The van der Waals surface area contributed by atoms with Crippen LogP contribution >= 0.6 is 0 Å². The summed E-state index contributed by atoms with van der Waals surface area (Å²) < 4.78 is 17.0. The van der Waals surface area contributed by atoms with Gasteiger partial charge >= 0.3 is 17.9 Å². The van der Waals surface area contributed by atoms with E-state index >= 15 is 0 Å². The number of hydrogen-bond donors (Lipinski definition) is 0. The van der Waals surface area contributed by atoms with E-state index in [0.717, 1.165) is 64.2 Å². The topological polar surface area (TPSA) is 78.9 Å². The van der Waals surface area contributed by atoms with Gasteiger partial charge in [-0.2, -0.15) is 0 Å². The summed E-state index contributed by atoms with van der Waals surface area (Å²) >= 11 is 0. The largest absolute Gasteiger partial charge is 0.462 e. The molecule has 438 valence electrons. The number of ether oxygens (including phenoxy) is 3. The molecule has 0 saturated carbocycles. The van der Waals surface area contributed by atoms with Gasteiger partial charge in [0.05, 0.1) is 0 Å². The summed E-state index contributed by atoms with van der Waals surface area (Å²) in [6, 6.07) is 0. The maximum absolute atomic E-state index is 12.9. The number of esters is 3. The zero-order valence-electron chi connectivity index (χ0n) is 50.4. The van der Waals surface area contributed by atoms with Crippen LogP contribution in [0.5, 0.6) is 0 Å². The molecule has 0 N–H and O–H groups in total. The van der Waals surface area contributed by atoms with Crippen molar-refractivity contribution in [2.45, 2.75) is 393 Å². The van der Waals surface area contributed by atoms with Gasteiger partial charge in [-0.05, 0) is 44.9 Å². The monoisotopic (exact) mass is 1040 g/mol. The van der Waals surface area contributed by atoms with Gasteiger partial charge in [0.25, 0.3) is 0 Å². The Kier molecular flexibility index (Phi) is 62.1. The molecule has 0 radical (unpaired) electrons. The summed E-state index contributed by atoms with van der Waals surface area (Å²) in [5.74, 6) is -0.843. The second-order valence-electron chi connectivity index (χ2n) is 23.1. The normalized spacial score (nSPS) is 12.0. The molecule has 0 saturated heterocycles. The first kappa shape index (κ1) is 72.2. The molecule has 74 heavy (non-hydrogen) atoms. The highest BCUT2D eigenvalue weighted by atomic mass is 16.6. The zero-order valence-corrected chi connectivity index (χ0v) is 50.4. The van der Waals surface area contributed by atoms with Gasteiger partial charge in [-0.15, -0.1) is 0 Å². The molecule has 6 nitrogen and oxygen atoms in total. The molecule has 0 aromatic rings. The Bertz CT molecular complexity index is 1150. The van der Waals surface area contributed by atoms with Gasteiger partial charge in [-0.3, -0.25) is 14.4 Å². The quantitative estimate of drug-likeness (QED) is 0.0261. The fourth-order valence-electron chi connectivity index (χ4n) is 10.4. The van der Waals surface area contributed by atoms with Crippen LogP contribution in [0.25, 0.3) is 0 Å². The lowest BCUT2D eigenvalue weighted by atomic mass is 10.0. The molecule has 0 aliphatic carbocycles. The molecule has 0 heterocycles. The lowest BCUT2D eigenvalue weighted by Gasteiger charge is -2.18. The number of hydrogen-bond acceptors (Lipinski definition) is 6. The highest BCUT2D eigenvalue weighted by Gasteiger charge is 2.19. The lowest BCUT2D eigenvalue weighted by Crippen LogP contribution is -2.30. The molecule has 0 spiro atoms. The molecule has 1 unspecified atom stereocenters. The van der Waals surface area contributed by atoms with E-state index in [1.54, 1.807) is 0 Å². The molecule has 0 aromatic carbocycles. The van der Waals surface area contributed by atoms with E-state index in [1.807, 2.05) is 0 Å². The van der Waals surface area contributed by atoms with Crippen LogP contribution in [0.1, 0.15) is 387 Å². The third-order valence-corrected chi connectivity index (χ3v) is 15.5. The average Bonchev–Trinajstić information content (AvgIpc) is 3.40. The van der Waals surface area contributed by atoms with Crippen LogP contribution in [0.15, 0.2) is 12.2 Å². The Morgan fingerprint density at radius 3 is 0.703 bits per heavy atom. The predicted octanol–water partition coefficient (Wildman–Crippen LogP) is 22.8. The lowest BCUT2D eigenvalue weighted by molar-refractivity contribution is -0.167. The predicted molar refractivity (Wildman–Crippen MR) is 321 cm³/mol. The Labute approximate surface area is 462 Å². The molecular weight excluding hydrogens is 913 g/mol. The first-order chi connectivity index (χ1) is 36.5. The van der Waals surface area contributed by atoms with Gasteiger partial charge in [0.2, 0.25) is 0 Å². The van der Waals surface area contributed by atoms with Crippen molar-refractivity contribution in [3.8, 4) is 0 Å². The van der Waals surface area contributed by atoms with Crippen LogP contribution in [0.4, 0.5) is 0 Å². The maximum atomic E-state index is 12.9. The third kappa shape index (κ3) is 61.0. The first-order valence-electron chi connectivity index (χ1n) is 33.7. The molecule has 0 aliphatic heterocycles. The van der Waals surface area contributed by atoms with Crippen molar-refractivity contribution >= 4 is 17.9 Å². The molecule has 0 rings (SSSR count). The Balaban J connectivity index is 4.21. The van der Waals surface area contributed by atoms with Crippen molar-refractivity contribution in [3.05, 3.63) is 12.2 Å². The standard InChI is InChI=1S/C68H130O6/c1-4-7-10-13-16-19-22-25-27-29-31-33-35-37-39-41-43-46-49-52-55-58-61-67(70)73-64-65(63-72-66(69)60-57-54-51-48-45-24-21-18-15-12-9-6-3)74-68(71)62-59-56-53-50-47-44-42-40-38-36-34-32-30-28-26-23-20-17-14-11-8-5-2/h18,21,65H,4-17,19-20,22-64H2,1-3H3/b21-18-. The average molecular weight is 1040 g/mol. The van der Waals surface area contributed by atoms with E-state index < -0.39 is 6.10 Å². The molecule has 0 fully saturated rings. The first-order valence-corrected chi connectivity index (χ1v) is 33.7. The number of rotatable bonds is 63. The highest BCUT2D eigenvalue weighted by molar-refractivity contribution is 5.71. The van der Waals surface area contributed by atoms with E-state index in [0.29, 0.717) is 19.3 Å². The fourth-order valence-corrected chi connectivity index (χ4v) is 10.4. The molecule has 0 aromatic heterocycles. The van der Waals surface area contributed by atoms with Crippen molar-refractivity contribution in [2.75, 3.05) is 13.2 Å². The Morgan fingerprint density at radius 1 is 0.257 bits per heavy atom. The molecular formula is C68H130O6. The van der Waals surface area contributed by atoms with Crippen molar-refractivity contribution in [1.29, 1.82) is 0 Å². The summed E-state index contributed by atoms with van der Waals surface area (Å²) in [5, 5.41) is 0. The van der Waals surface area contributed by atoms with E-state index in [-0.39, 0.29) is 31.1 Å². The molecule has 1 atom stereocenters. The number of carbonyl (C=O) groups is 3. The molecule has 0 amide bonds. The smallest absolute Gasteiger partial charge is 0.306 e. The molecule has 0 aliphatic rings. The number of carbonyl (C=O) groups excluding carboxylic acids is 3. The fraction of sp³-hybridized carbons (Fsp3) is 0.926. The summed E-state index contributed by atoms with van der Waals surface area (Å²) in [6.45, 7) is 6.69. The van der Waals surface area contributed by atoms with Crippen LogP contribution in [0.3, 0.4) is 0 Å². The van der Waals surface area contributed by atoms with Crippen molar-refractivity contribution < 1.29 is 28.6 Å². The summed E-state index contributed by atoms with van der Waals surface area (Å²) in [6.07, 6.45) is 75.2.